The maximum absolute atomic E-state index is 11.5. The van der Waals surface area contributed by atoms with Crippen LogP contribution in [-0.4, -0.2) is 5.91 Å². The van der Waals surface area contributed by atoms with Crippen LogP contribution in [0.3, 0.4) is 0 Å². The van der Waals surface area contributed by atoms with Crippen LogP contribution in [0.4, 0.5) is 0 Å². The summed E-state index contributed by atoms with van der Waals surface area (Å²) in [4.78, 5) is 11.5. The van der Waals surface area contributed by atoms with Crippen molar-refractivity contribution in [2.24, 2.45) is 0 Å². The molecule has 0 saturated carbocycles. The summed E-state index contributed by atoms with van der Waals surface area (Å²) in [6.07, 6.45) is 6.95. The van der Waals surface area contributed by atoms with E-state index in [2.05, 4.69) is 21.2 Å². The Hall–Kier alpha value is -1.35. The van der Waals surface area contributed by atoms with E-state index in [4.69, 9.17) is 0 Å². The number of halogens is 1. The van der Waals surface area contributed by atoms with Gasteiger partial charge in [0.05, 0.1) is 6.04 Å². The zero-order chi connectivity index (χ0) is 12.7. The van der Waals surface area contributed by atoms with Gasteiger partial charge >= 0.3 is 0 Å². The molecular weight excluding hydrogens is 278 g/mol. The molecule has 0 aliphatic heterocycles. The van der Waals surface area contributed by atoms with E-state index in [1.165, 1.54) is 6.08 Å². The van der Waals surface area contributed by atoms with Gasteiger partial charge in [0.25, 0.3) is 0 Å². The van der Waals surface area contributed by atoms with Crippen LogP contribution in [0.15, 0.2) is 53.0 Å². The highest BCUT2D eigenvalue weighted by atomic mass is 79.9. The van der Waals surface area contributed by atoms with Gasteiger partial charge in [0.1, 0.15) is 0 Å². The Kier molecular flexibility index (Phi) is 5.70. The van der Waals surface area contributed by atoms with E-state index in [0.29, 0.717) is 0 Å². The summed E-state index contributed by atoms with van der Waals surface area (Å²) in [6, 6.07) is 7.92. The molecule has 0 saturated heterocycles. The number of nitrogens with one attached hydrogen (secondary N) is 1. The van der Waals surface area contributed by atoms with Gasteiger partial charge in [-0.1, -0.05) is 46.3 Å². The molecule has 0 fully saturated rings. The van der Waals surface area contributed by atoms with Crippen LogP contribution in [0.5, 0.6) is 0 Å². The fraction of sp³-hybridized carbons (Fsp3) is 0.214. The van der Waals surface area contributed by atoms with Crippen molar-refractivity contribution in [1.82, 2.24) is 5.32 Å². The molecule has 0 aromatic heterocycles. The number of carbonyl (C=O) groups is 1. The normalized spacial score (nSPS) is 13.1. The summed E-state index contributed by atoms with van der Waals surface area (Å²) < 4.78 is 1.03. The van der Waals surface area contributed by atoms with Crippen LogP contribution >= 0.6 is 15.9 Å². The largest absolute Gasteiger partial charge is 0.346 e. The summed E-state index contributed by atoms with van der Waals surface area (Å²) in [5.41, 5.74) is 1.08. The Morgan fingerprint density at radius 2 is 1.94 bits per heavy atom. The highest BCUT2D eigenvalue weighted by Gasteiger charge is 2.06. The van der Waals surface area contributed by atoms with E-state index >= 15 is 0 Å². The predicted octanol–water partition coefficient (Wildman–Crippen LogP) is 3.76. The maximum Gasteiger partial charge on any atom is 0.244 e. The number of amides is 1. The first kappa shape index (κ1) is 13.7. The summed E-state index contributed by atoms with van der Waals surface area (Å²) in [5.74, 6) is -0.0847. The summed E-state index contributed by atoms with van der Waals surface area (Å²) in [5, 5.41) is 2.90. The van der Waals surface area contributed by atoms with Crippen LogP contribution in [0.1, 0.15) is 25.5 Å². The molecule has 1 unspecified atom stereocenters. The first-order valence-corrected chi connectivity index (χ1v) is 6.28. The van der Waals surface area contributed by atoms with Gasteiger partial charge in [-0.25, -0.2) is 0 Å². The van der Waals surface area contributed by atoms with Crippen LogP contribution in [0, 0.1) is 0 Å². The fourth-order valence-electron chi connectivity index (χ4n) is 1.35. The Balaban J connectivity index is 2.57. The molecular formula is C14H16BrNO. The molecule has 1 rings (SSSR count). The molecule has 2 nitrogen and oxygen atoms in total. The van der Waals surface area contributed by atoms with Crippen LogP contribution in [0.2, 0.25) is 0 Å². The third-order valence-electron chi connectivity index (χ3n) is 2.28. The van der Waals surface area contributed by atoms with Crippen molar-refractivity contribution in [3.05, 3.63) is 58.6 Å². The van der Waals surface area contributed by atoms with Gasteiger partial charge in [-0.2, -0.15) is 0 Å². The van der Waals surface area contributed by atoms with Crippen molar-refractivity contribution in [3.8, 4) is 0 Å². The first-order valence-electron chi connectivity index (χ1n) is 5.49. The van der Waals surface area contributed by atoms with E-state index in [-0.39, 0.29) is 11.9 Å². The molecule has 1 aromatic carbocycles. The van der Waals surface area contributed by atoms with Crippen molar-refractivity contribution in [2.75, 3.05) is 0 Å². The van der Waals surface area contributed by atoms with Crippen molar-refractivity contribution in [1.29, 1.82) is 0 Å². The maximum atomic E-state index is 11.5. The molecule has 0 heterocycles. The topological polar surface area (TPSA) is 29.1 Å². The number of rotatable bonds is 4. The molecule has 1 aromatic rings. The molecule has 0 radical (unpaired) electrons. The van der Waals surface area contributed by atoms with Gasteiger partial charge in [-0.3, -0.25) is 4.79 Å². The zero-order valence-corrected chi connectivity index (χ0v) is 11.6. The highest BCUT2D eigenvalue weighted by Crippen LogP contribution is 2.16. The third kappa shape index (κ3) is 5.00. The Bertz CT molecular complexity index is 420. The van der Waals surface area contributed by atoms with E-state index < -0.39 is 0 Å². The van der Waals surface area contributed by atoms with Gasteiger partial charge < -0.3 is 5.32 Å². The molecule has 17 heavy (non-hydrogen) atoms. The van der Waals surface area contributed by atoms with Gasteiger partial charge in [-0.15, -0.1) is 0 Å². The smallest absolute Gasteiger partial charge is 0.244 e. The minimum atomic E-state index is -0.0847. The molecule has 90 valence electrons. The fourth-order valence-corrected chi connectivity index (χ4v) is 1.61. The minimum Gasteiger partial charge on any atom is -0.346 e. The lowest BCUT2D eigenvalue weighted by atomic mass is 10.1. The average Bonchev–Trinajstić information content (AvgIpc) is 2.30. The number of carbonyl (C=O) groups excluding carboxylic acids is 1. The third-order valence-corrected chi connectivity index (χ3v) is 2.81. The first-order chi connectivity index (χ1) is 8.13. The van der Waals surface area contributed by atoms with Crippen molar-refractivity contribution < 1.29 is 4.79 Å². The van der Waals surface area contributed by atoms with Crippen LogP contribution in [0.25, 0.3) is 0 Å². The minimum absolute atomic E-state index is 0.00542. The lowest BCUT2D eigenvalue weighted by molar-refractivity contribution is -0.117. The standard InChI is InChI=1S/C14H16BrNO/c1-3-4-5-6-14(17)16-11(2)12-7-9-13(15)10-8-12/h3-11H,1-2H3,(H,16,17). The van der Waals surface area contributed by atoms with Gasteiger partial charge in [-0.05, 0) is 31.5 Å². The van der Waals surface area contributed by atoms with E-state index in [1.807, 2.05) is 50.3 Å². The Morgan fingerprint density at radius 1 is 1.29 bits per heavy atom. The zero-order valence-electron chi connectivity index (χ0n) is 9.98. The lowest BCUT2D eigenvalue weighted by Crippen LogP contribution is -2.24. The van der Waals surface area contributed by atoms with Crippen molar-refractivity contribution in [3.63, 3.8) is 0 Å². The molecule has 0 bridgehead atoms. The molecule has 1 atom stereocenters. The average molecular weight is 294 g/mol. The van der Waals surface area contributed by atoms with Crippen LogP contribution < -0.4 is 5.32 Å². The van der Waals surface area contributed by atoms with Gasteiger partial charge in [0.2, 0.25) is 5.91 Å². The quantitative estimate of drug-likeness (QED) is 0.665. The molecule has 0 aliphatic carbocycles. The molecule has 0 aliphatic rings. The second-order valence-corrected chi connectivity index (χ2v) is 4.58. The Morgan fingerprint density at radius 3 is 2.53 bits per heavy atom. The number of hydrogen-bond acceptors (Lipinski definition) is 1. The molecule has 0 spiro atoms. The van der Waals surface area contributed by atoms with Crippen LogP contribution in [-0.2, 0) is 4.79 Å². The van der Waals surface area contributed by atoms with Crippen molar-refractivity contribution >= 4 is 21.8 Å². The SMILES string of the molecule is CC=CC=CC(=O)NC(C)c1ccc(Br)cc1. The highest BCUT2D eigenvalue weighted by molar-refractivity contribution is 9.10. The van der Waals surface area contributed by atoms with E-state index in [9.17, 15) is 4.79 Å². The van der Waals surface area contributed by atoms with Crippen molar-refractivity contribution in [2.45, 2.75) is 19.9 Å². The second kappa shape index (κ2) is 7.07. The molecule has 3 heteroatoms. The van der Waals surface area contributed by atoms with Gasteiger partial charge in [0.15, 0.2) is 0 Å². The number of allylic oxidation sites excluding steroid dienone is 3. The second-order valence-electron chi connectivity index (χ2n) is 3.67. The monoisotopic (exact) mass is 293 g/mol. The molecule has 1 N–H and O–H groups in total. The lowest BCUT2D eigenvalue weighted by Gasteiger charge is -2.12. The summed E-state index contributed by atoms with van der Waals surface area (Å²) >= 11 is 3.38. The number of hydrogen-bond donors (Lipinski definition) is 1. The summed E-state index contributed by atoms with van der Waals surface area (Å²) in [7, 11) is 0. The van der Waals surface area contributed by atoms with Gasteiger partial charge in [0, 0.05) is 10.5 Å². The molecule has 1 amide bonds. The summed E-state index contributed by atoms with van der Waals surface area (Å²) in [6.45, 7) is 3.87. The number of benzene rings is 1. The predicted molar refractivity (Wildman–Crippen MR) is 74.7 cm³/mol. The van der Waals surface area contributed by atoms with E-state index in [0.717, 1.165) is 10.0 Å². The Labute approximate surface area is 111 Å². The van der Waals surface area contributed by atoms with E-state index in [1.54, 1.807) is 6.08 Å².